The maximum absolute atomic E-state index is 11.1. The number of thiol groups is 1. The number of rotatable bonds is 2. The van der Waals surface area contributed by atoms with Crippen molar-refractivity contribution in [2.75, 3.05) is 10.6 Å². The zero-order valence-electron chi connectivity index (χ0n) is 8.80. The standard InChI is InChI=1S/C9H8N4O4S/c14-7(13-18)10-4-2-1-3-5-6(4)17-8(11-5)12-9(15)16/h1-3,18H,(H,11,12)(H,15,16)(H2,10,13,14). The van der Waals surface area contributed by atoms with Crippen molar-refractivity contribution in [3.05, 3.63) is 18.2 Å². The molecule has 0 aliphatic carbocycles. The van der Waals surface area contributed by atoms with Gasteiger partial charge in [0.2, 0.25) is 0 Å². The van der Waals surface area contributed by atoms with Crippen molar-refractivity contribution < 1.29 is 19.1 Å². The van der Waals surface area contributed by atoms with Crippen molar-refractivity contribution in [3.63, 3.8) is 0 Å². The molecule has 3 amide bonds. The predicted octanol–water partition coefficient (Wildman–Crippen LogP) is 1.88. The van der Waals surface area contributed by atoms with Crippen LogP contribution in [0.25, 0.3) is 11.1 Å². The van der Waals surface area contributed by atoms with Gasteiger partial charge in [0.05, 0.1) is 5.69 Å². The van der Waals surface area contributed by atoms with E-state index in [1.165, 1.54) is 0 Å². The van der Waals surface area contributed by atoms with Gasteiger partial charge in [-0.2, -0.15) is 4.98 Å². The first-order chi connectivity index (χ1) is 8.60. The van der Waals surface area contributed by atoms with E-state index in [9.17, 15) is 9.59 Å². The Hall–Kier alpha value is -2.42. The van der Waals surface area contributed by atoms with E-state index in [1.54, 1.807) is 18.2 Å². The number of carbonyl (C=O) groups is 2. The number of urea groups is 1. The highest BCUT2D eigenvalue weighted by molar-refractivity contribution is 7.78. The molecule has 0 bridgehead atoms. The second kappa shape index (κ2) is 4.84. The summed E-state index contributed by atoms with van der Waals surface area (Å²) in [6.07, 6.45) is -1.29. The maximum Gasteiger partial charge on any atom is 0.412 e. The first-order valence-corrected chi connectivity index (χ1v) is 5.15. The summed E-state index contributed by atoms with van der Waals surface area (Å²) in [7, 11) is 0. The molecule has 2 aromatic rings. The minimum atomic E-state index is -1.29. The van der Waals surface area contributed by atoms with Crippen LogP contribution in [0.5, 0.6) is 0 Å². The van der Waals surface area contributed by atoms with Gasteiger partial charge in [-0.1, -0.05) is 18.9 Å². The summed E-state index contributed by atoms with van der Waals surface area (Å²) in [6.45, 7) is 0. The maximum atomic E-state index is 11.1. The highest BCUT2D eigenvalue weighted by atomic mass is 32.1. The number of carboxylic acid groups (broad SMARTS) is 1. The van der Waals surface area contributed by atoms with E-state index < -0.39 is 12.1 Å². The largest absolute Gasteiger partial charge is 0.465 e. The fourth-order valence-electron chi connectivity index (χ4n) is 1.34. The second-order valence-corrected chi connectivity index (χ2v) is 3.39. The summed E-state index contributed by atoms with van der Waals surface area (Å²) in [5, 5.41) is 13.0. The molecule has 0 spiro atoms. The number of anilines is 2. The molecule has 0 fully saturated rings. The highest BCUT2D eigenvalue weighted by Gasteiger charge is 2.12. The van der Waals surface area contributed by atoms with Crippen LogP contribution in [0, 0.1) is 0 Å². The Kier molecular flexibility index (Phi) is 3.24. The molecule has 0 atom stereocenters. The molecule has 2 rings (SSSR count). The Morgan fingerprint density at radius 1 is 1.33 bits per heavy atom. The van der Waals surface area contributed by atoms with E-state index >= 15 is 0 Å². The summed E-state index contributed by atoms with van der Waals surface area (Å²) in [5.41, 5.74) is 1.03. The SMILES string of the molecule is O=C(O)Nc1nc2cccc(NC(=O)NS)c2o1. The Balaban J connectivity index is 2.39. The van der Waals surface area contributed by atoms with Gasteiger partial charge in [0.25, 0.3) is 0 Å². The summed E-state index contributed by atoms with van der Waals surface area (Å²) >= 11 is 3.59. The molecular formula is C9H8N4O4S. The van der Waals surface area contributed by atoms with Crippen molar-refractivity contribution in [1.29, 1.82) is 0 Å². The van der Waals surface area contributed by atoms with Gasteiger partial charge in [-0.3, -0.25) is 4.72 Å². The average Bonchev–Trinajstić information content (AvgIpc) is 2.71. The van der Waals surface area contributed by atoms with E-state index in [-0.39, 0.29) is 11.6 Å². The zero-order valence-corrected chi connectivity index (χ0v) is 9.69. The van der Waals surface area contributed by atoms with Crippen LogP contribution >= 0.6 is 12.8 Å². The van der Waals surface area contributed by atoms with Crippen LogP contribution in [0.1, 0.15) is 0 Å². The van der Waals surface area contributed by atoms with Crippen LogP contribution in [-0.4, -0.2) is 22.2 Å². The summed E-state index contributed by atoms with van der Waals surface area (Å²) in [6, 6.07) is 4.13. The molecule has 0 aliphatic heterocycles. The smallest absolute Gasteiger partial charge is 0.412 e. The number of nitrogens with one attached hydrogen (secondary N) is 3. The lowest BCUT2D eigenvalue weighted by Crippen LogP contribution is -2.20. The molecule has 0 saturated carbocycles. The monoisotopic (exact) mass is 268 g/mol. The number of carbonyl (C=O) groups excluding carboxylic acids is 1. The molecule has 0 unspecified atom stereocenters. The number of hydrogen-bond acceptors (Lipinski definition) is 5. The Morgan fingerprint density at radius 3 is 2.78 bits per heavy atom. The fraction of sp³-hybridized carbons (Fsp3) is 0. The normalized spacial score (nSPS) is 10.1. The fourth-order valence-corrected chi connectivity index (χ4v) is 1.40. The molecule has 18 heavy (non-hydrogen) atoms. The summed E-state index contributed by atoms with van der Waals surface area (Å²) < 4.78 is 7.27. The zero-order chi connectivity index (χ0) is 13.1. The summed E-state index contributed by atoms with van der Waals surface area (Å²) in [5.74, 6) is 0. The summed E-state index contributed by atoms with van der Waals surface area (Å²) in [4.78, 5) is 25.5. The molecule has 9 heteroatoms. The molecule has 0 radical (unpaired) electrons. The van der Waals surface area contributed by atoms with Gasteiger partial charge in [-0.05, 0) is 12.1 Å². The number of nitrogens with zero attached hydrogens (tertiary/aromatic N) is 1. The number of fused-ring (bicyclic) bond motifs is 1. The predicted molar refractivity (Wildman–Crippen MR) is 66.8 cm³/mol. The van der Waals surface area contributed by atoms with Crippen LogP contribution < -0.4 is 15.4 Å². The lowest BCUT2D eigenvalue weighted by Gasteiger charge is -2.02. The number of aromatic nitrogens is 1. The van der Waals surface area contributed by atoms with Crippen LogP contribution in [-0.2, 0) is 0 Å². The van der Waals surface area contributed by atoms with Crippen LogP contribution in [0.2, 0.25) is 0 Å². The lowest BCUT2D eigenvalue weighted by molar-refractivity contribution is 0.209. The number of hydrogen-bond donors (Lipinski definition) is 5. The molecular weight excluding hydrogens is 260 g/mol. The third-order valence-electron chi connectivity index (χ3n) is 1.98. The minimum Gasteiger partial charge on any atom is -0.465 e. The average molecular weight is 268 g/mol. The molecule has 1 aromatic heterocycles. The molecule has 1 aromatic carbocycles. The Bertz CT molecular complexity index is 612. The highest BCUT2D eigenvalue weighted by Crippen LogP contribution is 2.26. The molecule has 1 heterocycles. The molecule has 4 N–H and O–H groups in total. The van der Waals surface area contributed by atoms with Crippen LogP contribution in [0.4, 0.5) is 21.3 Å². The number of amides is 3. The van der Waals surface area contributed by atoms with Crippen molar-refractivity contribution >= 4 is 47.7 Å². The van der Waals surface area contributed by atoms with E-state index in [4.69, 9.17) is 9.52 Å². The van der Waals surface area contributed by atoms with E-state index in [2.05, 4.69) is 27.8 Å². The van der Waals surface area contributed by atoms with Crippen molar-refractivity contribution in [2.45, 2.75) is 0 Å². The lowest BCUT2D eigenvalue weighted by atomic mass is 10.3. The minimum absolute atomic E-state index is 0.168. The third-order valence-corrected chi connectivity index (χ3v) is 2.18. The van der Waals surface area contributed by atoms with Gasteiger partial charge < -0.3 is 14.8 Å². The number of benzene rings is 1. The van der Waals surface area contributed by atoms with Gasteiger partial charge in [-0.15, -0.1) is 0 Å². The Morgan fingerprint density at radius 2 is 2.11 bits per heavy atom. The van der Waals surface area contributed by atoms with E-state index in [0.717, 1.165) is 0 Å². The quantitative estimate of drug-likeness (QED) is 0.533. The van der Waals surface area contributed by atoms with Gasteiger partial charge in [-0.25, -0.2) is 14.9 Å². The van der Waals surface area contributed by atoms with Crippen LogP contribution in [0.3, 0.4) is 0 Å². The molecule has 8 nitrogen and oxygen atoms in total. The van der Waals surface area contributed by atoms with Crippen molar-refractivity contribution in [1.82, 2.24) is 9.71 Å². The number of oxazole rings is 1. The molecule has 0 aliphatic rings. The number of para-hydroxylation sites is 1. The second-order valence-electron chi connectivity index (χ2n) is 3.17. The van der Waals surface area contributed by atoms with Gasteiger partial charge >= 0.3 is 18.1 Å². The van der Waals surface area contributed by atoms with Gasteiger partial charge in [0.1, 0.15) is 5.52 Å². The van der Waals surface area contributed by atoms with Crippen molar-refractivity contribution in [3.8, 4) is 0 Å². The third kappa shape index (κ3) is 2.46. The first-order valence-electron chi connectivity index (χ1n) is 4.70. The topological polar surface area (TPSA) is 116 Å². The van der Waals surface area contributed by atoms with E-state index in [0.29, 0.717) is 11.2 Å². The first kappa shape index (κ1) is 12.0. The molecule has 0 saturated heterocycles. The van der Waals surface area contributed by atoms with Gasteiger partial charge in [0.15, 0.2) is 5.58 Å². The Labute approximate surface area is 106 Å². The van der Waals surface area contributed by atoms with Crippen molar-refractivity contribution in [2.24, 2.45) is 0 Å². The van der Waals surface area contributed by atoms with Gasteiger partial charge in [0, 0.05) is 0 Å². The molecule has 94 valence electrons. The van der Waals surface area contributed by atoms with Crippen LogP contribution in [0.15, 0.2) is 22.6 Å². The van der Waals surface area contributed by atoms with E-state index in [1.807, 2.05) is 5.32 Å².